The lowest BCUT2D eigenvalue weighted by atomic mass is 10.1. The maximum atomic E-state index is 12.7. The van der Waals surface area contributed by atoms with Crippen molar-refractivity contribution in [1.29, 1.82) is 0 Å². The van der Waals surface area contributed by atoms with Gasteiger partial charge >= 0.3 is 0 Å². The van der Waals surface area contributed by atoms with Crippen LogP contribution < -0.4 is 10.2 Å². The zero-order chi connectivity index (χ0) is 22.7. The first-order valence-corrected chi connectivity index (χ1v) is 10.5. The molecule has 2 amide bonds. The second kappa shape index (κ2) is 9.53. The molecule has 0 saturated carbocycles. The van der Waals surface area contributed by atoms with Crippen LogP contribution in [0, 0.1) is 10.1 Å². The van der Waals surface area contributed by atoms with Gasteiger partial charge in [-0.2, -0.15) is 0 Å². The zero-order valence-electron chi connectivity index (χ0n) is 17.1. The van der Waals surface area contributed by atoms with Crippen molar-refractivity contribution < 1.29 is 14.5 Å². The minimum atomic E-state index is -0.497. The van der Waals surface area contributed by atoms with E-state index in [0.29, 0.717) is 47.5 Å². The average Bonchev–Trinajstić information content (AvgIpc) is 2.73. The molecule has 10 heteroatoms. The third kappa shape index (κ3) is 5.26. The number of halogens is 2. The molecule has 1 heterocycles. The highest BCUT2D eigenvalue weighted by Crippen LogP contribution is 2.31. The molecule has 3 rings (SSSR count). The third-order valence-electron chi connectivity index (χ3n) is 5.28. The van der Waals surface area contributed by atoms with Crippen molar-refractivity contribution in [3.05, 3.63) is 67.7 Å². The molecule has 1 fully saturated rings. The molecule has 8 nitrogen and oxygen atoms in total. The van der Waals surface area contributed by atoms with Gasteiger partial charge in [-0.25, -0.2) is 0 Å². The number of carbonyl (C=O) groups excluding carboxylic acids is 2. The van der Waals surface area contributed by atoms with Gasteiger partial charge in [-0.05, 0) is 36.8 Å². The Hall–Kier alpha value is -2.84. The third-order valence-corrected chi connectivity index (χ3v) is 5.84. The van der Waals surface area contributed by atoms with Gasteiger partial charge in [0.05, 0.1) is 11.0 Å². The second-order valence-corrected chi connectivity index (χ2v) is 8.16. The molecule has 0 aromatic heterocycles. The van der Waals surface area contributed by atoms with Crippen LogP contribution in [0.25, 0.3) is 0 Å². The van der Waals surface area contributed by atoms with Crippen LogP contribution in [0.4, 0.5) is 11.4 Å². The number of nitro benzene ring substituents is 1. The fourth-order valence-electron chi connectivity index (χ4n) is 3.55. The fraction of sp³-hybridized carbons (Fsp3) is 0.333. The van der Waals surface area contributed by atoms with E-state index < -0.39 is 16.9 Å². The van der Waals surface area contributed by atoms with Crippen LogP contribution in [-0.2, 0) is 4.79 Å². The van der Waals surface area contributed by atoms with E-state index in [-0.39, 0.29) is 17.2 Å². The molecule has 1 atom stereocenters. The van der Waals surface area contributed by atoms with Gasteiger partial charge in [-0.3, -0.25) is 19.7 Å². The molecule has 1 N–H and O–H groups in total. The molecule has 1 aliphatic rings. The molecule has 0 unspecified atom stereocenters. The van der Waals surface area contributed by atoms with E-state index in [1.54, 1.807) is 42.2 Å². The molecular formula is C21H22Cl2N4O4. The van der Waals surface area contributed by atoms with Crippen molar-refractivity contribution in [1.82, 2.24) is 10.2 Å². The number of anilines is 1. The van der Waals surface area contributed by atoms with Crippen molar-refractivity contribution >= 4 is 46.4 Å². The Bertz CT molecular complexity index is 1020. The van der Waals surface area contributed by atoms with Crippen LogP contribution in [0.15, 0.2) is 36.4 Å². The summed E-state index contributed by atoms with van der Waals surface area (Å²) in [6, 6.07) is 8.99. The van der Waals surface area contributed by atoms with E-state index in [1.807, 2.05) is 4.90 Å². The van der Waals surface area contributed by atoms with E-state index in [9.17, 15) is 19.7 Å². The number of nitrogens with zero attached hydrogens (tertiary/aromatic N) is 3. The van der Waals surface area contributed by atoms with Crippen LogP contribution >= 0.6 is 23.2 Å². The average molecular weight is 465 g/mol. The molecule has 2 aromatic carbocycles. The summed E-state index contributed by atoms with van der Waals surface area (Å²) >= 11 is 12.1. The van der Waals surface area contributed by atoms with Crippen LogP contribution in [0.5, 0.6) is 0 Å². The molecule has 2 aromatic rings. The first kappa shape index (κ1) is 22.8. The molecule has 1 aliphatic heterocycles. The summed E-state index contributed by atoms with van der Waals surface area (Å²) in [6.07, 6.45) is 0. The number of hydrogen-bond acceptors (Lipinski definition) is 5. The Morgan fingerprint density at radius 2 is 1.77 bits per heavy atom. The smallest absolute Gasteiger partial charge is 0.293 e. The highest BCUT2D eigenvalue weighted by molar-refractivity contribution is 6.35. The van der Waals surface area contributed by atoms with Gasteiger partial charge in [0.2, 0.25) is 5.91 Å². The normalized spacial score (nSPS) is 14.8. The Morgan fingerprint density at radius 1 is 1.10 bits per heavy atom. The monoisotopic (exact) mass is 464 g/mol. The first-order chi connectivity index (χ1) is 14.7. The predicted molar refractivity (Wildman–Crippen MR) is 120 cm³/mol. The maximum absolute atomic E-state index is 12.7. The Balaban J connectivity index is 1.78. The Labute approximate surface area is 189 Å². The lowest BCUT2D eigenvalue weighted by Crippen LogP contribution is -2.48. The number of rotatable bonds is 5. The largest absolute Gasteiger partial charge is 0.362 e. The summed E-state index contributed by atoms with van der Waals surface area (Å²) in [5.41, 5.74) is 1.14. The minimum absolute atomic E-state index is 0.0175. The van der Waals surface area contributed by atoms with Crippen LogP contribution in [0.1, 0.15) is 35.8 Å². The van der Waals surface area contributed by atoms with E-state index in [2.05, 4.69) is 5.32 Å². The Morgan fingerprint density at radius 3 is 2.35 bits per heavy atom. The fourth-order valence-corrected chi connectivity index (χ4v) is 4.12. The summed E-state index contributed by atoms with van der Waals surface area (Å²) in [5, 5.41) is 15.4. The molecule has 0 spiro atoms. The number of nitrogens with one attached hydrogen (secondary N) is 1. The van der Waals surface area contributed by atoms with Crippen molar-refractivity contribution in [3.63, 3.8) is 0 Å². The van der Waals surface area contributed by atoms with E-state index in [1.165, 1.54) is 13.0 Å². The van der Waals surface area contributed by atoms with Crippen molar-refractivity contribution in [3.8, 4) is 0 Å². The van der Waals surface area contributed by atoms with Crippen LogP contribution in [0.2, 0.25) is 10.0 Å². The zero-order valence-corrected chi connectivity index (χ0v) is 18.6. The van der Waals surface area contributed by atoms with Gasteiger partial charge in [-0.15, -0.1) is 0 Å². The molecule has 1 saturated heterocycles. The van der Waals surface area contributed by atoms with Gasteiger partial charge in [0.25, 0.3) is 11.6 Å². The summed E-state index contributed by atoms with van der Waals surface area (Å²) in [5.74, 6) is -0.467. The number of carbonyl (C=O) groups is 2. The highest BCUT2D eigenvalue weighted by atomic mass is 35.5. The number of piperazine rings is 1. The molecule has 0 radical (unpaired) electrons. The summed E-state index contributed by atoms with van der Waals surface area (Å²) in [4.78, 5) is 39.0. The molecule has 31 heavy (non-hydrogen) atoms. The van der Waals surface area contributed by atoms with Crippen LogP contribution in [-0.4, -0.2) is 47.8 Å². The first-order valence-electron chi connectivity index (χ1n) is 9.72. The molecule has 0 aliphatic carbocycles. The van der Waals surface area contributed by atoms with Gasteiger partial charge in [0, 0.05) is 54.8 Å². The van der Waals surface area contributed by atoms with Crippen molar-refractivity contribution in [2.75, 3.05) is 31.1 Å². The quantitative estimate of drug-likeness (QED) is 0.531. The Kier molecular flexibility index (Phi) is 7.02. The van der Waals surface area contributed by atoms with Gasteiger partial charge < -0.3 is 15.1 Å². The molecule has 164 valence electrons. The van der Waals surface area contributed by atoms with Gasteiger partial charge in [0.1, 0.15) is 5.69 Å². The predicted octanol–water partition coefficient (Wildman–Crippen LogP) is 4.06. The minimum Gasteiger partial charge on any atom is -0.362 e. The topological polar surface area (TPSA) is 95.8 Å². The van der Waals surface area contributed by atoms with E-state index >= 15 is 0 Å². The lowest BCUT2D eigenvalue weighted by Gasteiger charge is -2.35. The summed E-state index contributed by atoms with van der Waals surface area (Å²) < 4.78 is 0. The van der Waals surface area contributed by atoms with Gasteiger partial charge in [0.15, 0.2) is 0 Å². The SMILES string of the molecule is CC(=O)N1CCN(c2ccc(C(=O)N[C@@H](C)c3ccc(Cl)cc3Cl)cc2[N+](=O)[O-])CC1. The number of benzene rings is 2. The van der Waals surface area contributed by atoms with E-state index in [0.717, 1.165) is 0 Å². The van der Waals surface area contributed by atoms with Crippen molar-refractivity contribution in [2.24, 2.45) is 0 Å². The maximum Gasteiger partial charge on any atom is 0.293 e. The lowest BCUT2D eigenvalue weighted by molar-refractivity contribution is -0.384. The van der Waals surface area contributed by atoms with Crippen LogP contribution in [0.3, 0.4) is 0 Å². The summed E-state index contributed by atoms with van der Waals surface area (Å²) in [7, 11) is 0. The van der Waals surface area contributed by atoms with Gasteiger partial charge in [-0.1, -0.05) is 29.3 Å². The standard InChI is InChI=1S/C21H22Cl2N4O4/c1-13(17-5-4-16(22)12-18(17)23)24-21(29)15-3-6-19(20(11-15)27(30)31)26-9-7-25(8-10-26)14(2)28/h3-6,11-13H,7-10H2,1-2H3,(H,24,29)/t13-/m0/s1. The number of amides is 2. The number of nitro groups is 1. The second-order valence-electron chi connectivity index (χ2n) is 7.31. The summed E-state index contributed by atoms with van der Waals surface area (Å²) in [6.45, 7) is 5.23. The highest BCUT2D eigenvalue weighted by Gasteiger charge is 2.26. The molecular weight excluding hydrogens is 443 g/mol. The van der Waals surface area contributed by atoms with E-state index in [4.69, 9.17) is 23.2 Å². The van der Waals surface area contributed by atoms with Crippen molar-refractivity contribution in [2.45, 2.75) is 19.9 Å². The molecule has 0 bridgehead atoms. The number of hydrogen-bond donors (Lipinski definition) is 1.